The molecule has 0 saturated heterocycles. The van der Waals surface area contributed by atoms with Crippen LogP contribution < -0.4 is 4.74 Å². The molecule has 0 N–H and O–H groups in total. The van der Waals surface area contributed by atoms with Gasteiger partial charge in [-0.2, -0.15) is 0 Å². The summed E-state index contributed by atoms with van der Waals surface area (Å²) in [5.74, 6) is 0.513. The number of hydrogen-bond acceptors (Lipinski definition) is 3. The quantitative estimate of drug-likeness (QED) is 0.762. The average molecular weight is 248 g/mol. The number of carbonyl (C=O) groups is 1. The monoisotopic (exact) mass is 248 g/mol. The number of Topliss-reactive ketones (excluding diaryl/α,β-unsaturated/α-hetero) is 1. The minimum absolute atomic E-state index is 0.164. The van der Waals surface area contributed by atoms with Crippen molar-refractivity contribution in [1.82, 2.24) is 0 Å². The van der Waals surface area contributed by atoms with E-state index in [9.17, 15) is 9.18 Å². The fourth-order valence-electron chi connectivity index (χ4n) is 1.72. The van der Waals surface area contributed by atoms with Crippen molar-refractivity contribution in [3.8, 4) is 5.75 Å². The van der Waals surface area contributed by atoms with Gasteiger partial charge in [0, 0.05) is 12.8 Å². The first-order chi connectivity index (χ1) is 8.70. The van der Waals surface area contributed by atoms with E-state index in [1.54, 1.807) is 18.4 Å². The average Bonchev–Trinajstić information content (AvgIpc) is 2.89. The van der Waals surface area contributed by atoms with Gasteiger partial charge in [-0.15, -0.1) is 0 Å². The summed E-state index contributed by atoms with van der Waals surface area (Å²) < 4.78 is 23.3. The fraction of sp³-hybridized carbons (Fsp3) is 0.214. The van der Waals surface area contributed by atoms with Gasteiger partial charge in [-0.05, 0) is 30.3 Å². The standard InChI is InChI=1S/C14H13FO3/c1-17-14-7-4-10(15)9-12(14)13(16)6-5-11-3-2-8-18-11/h2-4,7-9H,5-6H2,1H3. The summed E-state index contributed by atoms with van der Waals surface area (Å²) in [7, 11) is 1.45. The molecule has 0 atom stereocenters. The van der Waals surface area contributed by atoms with E-state index in [1.807, 2.05) is 0 Å². The summed E-state index contributed by atoms with van der Waals surface area (Å²) in [5.41, 5.74) is 0.268. The summed E-state index contributed by atoms with van der Waals surface area (Å²) in [5, 5.41) is 0. The van der Waals surface area contributed by atoms with Crippen LogP contribution in [-0.4, -0.2) is 12.9 Å². The third-order valence-electron chi connectivity index (χ3n) is 2.64. The minimum Gasteiger partial charge on any atom is -0.496 e. The highest BCUT2D eigenvalue weighted by atomic mass is 19.1. The zero-order valence-corrected chi connectivity index (χ0v) is 9.98. The van der Waals surface area contributed by atoms with Crippen LogP contribution in [0.25, 0.3) is 0 Å². The molecule has 0 bridgehead atoms. The second kappa shape index (κ2) is 5.49. The molecule has 18 heavy (non-hydrogen) atoms. The topological polar surface area (TPSA) is 39.4 Å². The first-order valence-corrected chi connectivity index (χ1v) is 5.60. The molecule has 94 valence electrons. The number of benzene rings is 1. The molecule has 1 heterocycles. The van der Waals surface area contributed by atoms with E-state index in [4.69, 9.17) is 9.15 Å². The maximum atomic E-state index is 13.1. The number of ether oxygens (including phenoxy) is 1. The summed E-state index contributed by atoms with van der Waals surface area (Å²) in [4.78, 5) is 12.0. The van der Waals surface area contributed by atoms with Crippen LogP contribution in [-0.2, 0) is 6.42 Å². The van der Waals surface area contributed by atoms with Crippen LogP contribution in [0, 0.1) is 5.82 Å². The van der Waals surface area contributed by atoms with E-state index in [2.05, 4.69) is 0 Å². The van der Waals surface area contributed by atoms with E-state index in [1.165, 1.54) is 25.3 Å². The van der Waals surface area contributed by atoms with E-state index in [0.29, 0.717) is 12.2 Å². The van der Waals surface area contributed by atoms with Gasteiger partial charge in [-0.1, -0.05) is 0 Å². The molecule has 4 heteroatoms. The Balaban J connectivity index is 2.10. The molecule has 0 aliphatic rings. The summed E-state index contributed by atoms with van der Waals surface area (Å²) in [6, 6.07) is 7.49. The van der Waals surface area contributed by atoms with Gasteiger partial charge in [0.15, 0.2) is 5.78 Å². The van der Waals surface area contributed by atoms with Crippen molar-refractivity contribution in [2.45, 2.75) is 12.8 Å². The van der Waals surface area contributed by atoms with Crippen LogP contribution in [0.3, 0.4) is 0 Å². The molecule has 0 spiro atoms. The highest BCUT2D eigenvalue weighted by Gasteiger charge is 2.13. The van der Waals surface area contributed by atoms with E-state index in [0.717, 1.165) is 5.76 Å². The first-order valence-electron chi connectivity index (χ1n) is 5.60. The molecule has 1 aromatic heterocycles. The predicted octanol–water partition coefficient (Wildman–Crippen LogP) is 3.24. The lowest BCUT2D eigenvalue weighted by atomic mass is 10.0. The Kier molecular flexibility index (Phi) is 3.77. The third kappa shape index (κ3) is 2.77. The molecule has 0 saturated carbocycles. The lowest BCUT2D eigenvalue weighted by Crippen LogP contribution is -2.04. The maximum Gasteiger partial charge on any atom is 0.167 e. The van der Waals surface area contributed by atoms with Crippen molar-refractivity contribution in [2.75, 3.05) is 7.11 Å². The van der Waals surface area contributed by atoms with Gasteiger partial charge in [0.25, 0.3) is 0 Å². The van der Waals surface area contributed by atoms with Crippen LogP contribution in [0.1, 0.15) is 22.5 Å². The van der Waals surface area contributed by atoms with Crippen LogP contribution in [0.5, 0.6) is 5.75 Å². The van der Waals surface area contributed by atoms with E-state index >= 15 is 0 Å². The number of hydrogen-bond donors (Lipinski definition) is 0. The molecule has 0 aliphatic carbocycles. The maximum absolute atomic E-state index is 13.1. The lowest BCUT2D eigenvalue weighted by molar-refractivity contribution is 0.0977. The van der Waals surface area contributed by atoms with Gasteiger partial charge in [-0.3, -0.25) is 4.79 Å². The Bertz CT molecular complexity index is 532. The number of rotatable bonds is 5. The summed E-state index contributed by atoms with van der Waals surface area (Å²) >= 11 is 0. The van der Waals surface area contributed by atoms with Crippen molar-refractivity contribution >= 4 is 5.78 Å². The molecule has 1 aromatic carbocycles. The van der Waals surface area contributed by atoms with Gasteiger partial charge in [-0.25, -0.2) is 4.39 Å². The van der Waals surface area contributed by atoms with Crippen molar-refractivity contribution in [2.24, 2.45) is 0 Å². The fourth-order valence-corrected chi connectivity index (χ4v) is 1.72. The molecule has 0 aliphatic heterocycles. The second-order valence-corrected chi connectivity index (χ2v) is 3.85. The Morgan fingerprint density at radius 3 is 2.89 bits per heavy atom. The summed E-state index contributed by atoms with van der Waals surface area (Å²) in [6.07, 6.45) is 2.31. The molecular weight excluding hydrogens is 235 g/mol. The molecular formula is C14H13FO3. The molecule has 2 rings (SSSR count). The highest BCUT2D eigenvalue weighted by molar-refractivity contribution is 5.98. The van der Waals surface area contributed by atoms with Crippen LogP contribution in [0.2, 0.25) is 0 Å². The van der Waals surface area contributed by atoms with Crippen molar-refractivity contribution in [3.63, 3.8) is 0 Å². The number of carbonyl (C=O) groups excluding carboxylic acids is 1. The largest absolute Gasteiger partial charge is 0.496 e. The minimum atomic E-state index is -0.447. The van der Waals surface area contributed by atoms with Crippen LogP contribution in [0.15, 0.2) is 41.0 Å². The SMILES string of the molecule is COc1ccc(F)cc1C(=O)CCc1ccco1. The van der Waals surface area contributed by atoms with Crippen molar-refractivity contribution in [1.29, 1.82) is 0 Å². The number of methoxy groups -OCH3 is 1. The molecule has 3 nitrogen and oxygen atoms in total. The van der Waals surface area contributed by atoms with Crippen LogP contribution in [0.4, 0.5) is 4.39 Å². The van der Waals surface area contributed by atoms with Gasteiger partial charge in [0.1, 0.15) is 17.3 Å². The normalized spacial score (nSPS) is 10.3. The summed E-state index contributed by atoms with van der Waals surface area (Å²) in [6.45, 7) is 0. The number of halogens is 1. The van der Waals surface area contributed by atoms with Gasteiger partial charge in [0.2, 0.25) is 0 Å². The van der Waals surface area contributed by atoms with Gasteiger partial charge < -0.3 is 9.15 Å². The number of furan rings is 1. The molecule has 0 radical (unpaired) electrons. The highest BCUT2D eigenvalue weighted by Crippen LogP contribution is 2.21. The Labute approximate surface area is 104 Å². The zero-order chi connectivity index (χ0) is 13.0. The second-order valence-electron chi connectivity index (χ2n) is 3.85. The van der Waals surface area contributed by atoms with E-state index < -0.39 is 5.82 Å². The molecule has 2 aromatic rings. The number of ketones is 1. The van der Waals surface area contributed by atoms with Gasteiger partial charge >= 0.3 is 0 Å². The van der Waals surface area contributed by atoms with E-state index in [-0.39, 0.29) is 17.8 Å². The Morgan fingerprint density at radius 1 is 1.39 bits per heavy atom. The Morgan fingerprint density at radius 2 is 2.22 bits per heavy atom. The number of aryl methyl sites for hydroxylation is 1. The lowest BCUT2D eigenvalue weighted by Gasteiger charge is -2.07. The van der Waals surface area contributed by atoms with Crippen LogP contribution >= 0.6 is 0 Å². The molecule has 0 unspecified atom stereocenters. The first kappa shape index (κ1) is 12.4. The van der Waals surface area contributed by atoms with Gasteiger partial charge in [0.05, 0.1) is 18.9 Å². The molecule has 0 fully saturated rings. The zero-order valence-electron chi connectivity index (χ0n) is 9.98. The molecule has 0 amide bonds. The van der Waals surface area contributed by atoms with Crippen molar-refractivity contribution < 1.29 is 18.3 Å². The predicted molar refractivity (Wildman–Crippen MR) is 64.3 cm³/mol. The Hall–Kier alpha value is -2.10. The third-order valence-corrected chi connectivity index (χ3v) is 2.64. The van der Waals surface area contributed by atoms with Crippen molar-refractivity contribution in [3.05, 3.63) is 53.7 Å². The smallest absolute Gasteiger partial charge is 0.167 e.